The summed E-state index contributed by atoms with van der Waals surface area (Å²) in [6.07, 6.45) is 0. The minimum atomic E-state index is 0.0213. The van der Waals surface area contributed by atoms with Gasteiger partial charge >= 0.3 is 0 Å². The van der Waals surface area contributed by atoms with Crippen molar-refractivity contribution < 1.29 is 14.3 Å². The van der Waals surface area contributed by atoms with Crippen LogP contribution in [-0.2, 0) is 6.61 Å². The lowest BCUT2D eigenvalue weighted by Crippen LogP contribution is -2.48. The van der Waals surface area contributed by atoms with Crippen LogP contribution >= 0.6 is 0 Å². The van der Waals surface area contributed by atoms with Crippen LogP contribution in [0.5, 0.6) is 11.5 Å². The lowest BCUT2D eigenvalue weighted by atomic mass is 10.1. The molecule has 1 fully saturated rings. The van der Waals surface area contributed by atoms with Crippen molar-refractivity contribution in [2.45, 2.75) is 6.61 Å². The Morgan fingerprint density at radius 1 is 0.833 bits per heavy atom. The largest absolute Gasteiger partial charge is 0.497 e. The highest BCUT2D eigenvalue weighted by Gasteiger charge is 2.24. The molecule has 0 bridgehead atoms. The molecule has 0 aliphatic carbocycles. The van der Waals surface area contributed by atoms with Gasteiger partial charge in [0.1, 0.15) is 18.1 Å². The maximum Gasteiger partial charge on any atom is 0.257 e. The first-order valence-corrected chi connectivity index (χ1v) is 10.2. The molecule has 0 saturated carbocycles. The first kappa shape index (κ1) is 19.8. The van der Waals surface area contributed by atoms with E-state index in [2.05, 4.69) is 17.0 Å². The summed E-state index contributed by atoms with van der Waals surface area (Å²) in [5.74, 6) is 1.50. The Bertz CT molecular complexity index is 965. The highest BCUT2D eigenvalue weighted by molar-refractivity contribution is 5.97. The first-order chi connectivity index (χ1) is 14.7. The Morgan fingerprint density at radius 3 is 2.20 bits per heavy atom. The molecule has 3 aromatic carbocycles. The maximum atomic E-state index is 13.2. The molecule has 30 heavy (non-hydrogen) atoms. The SMILES string of the molecule is COc1ccc(N2CCN(C(=O)c3ccccc3OCc3ccccc3)CC2)cc1. The van der Waals surface area contributed by atoms with Crippen LogP contribution in [0.3, 0.4) is 0 Å². The molecule has 0 radical (unpaired) electrons. The third-order valence-corrected chi connectivity index (χ3v) is 5.36. The van der Waals surface area contributed by atoms with Gasteiger partial charge in [-0.05, 0) is 42.0 Å². The number of rotatable bonds is 6. The zero-order valence-electron chi connectivity index (χ0n) is 17.2. The molecule has 0 N–H and O–H groups in total. The van der Waals surface area contributed by atoms with Crippen LogP contribution in [0.1, 0.15) is 15.9 Å². The predicted octanol–water partition coefficient (Wildman–Crippen LogP) is 4.24. The third kappa shape index (κ3) is 4.57. The third-order valence-electron chi connectivity index (χ3n) is 5.36. The molecule has 5 heteroatoms. The lowest BCUT2D eigenvalue weighted by molar-refractivity contribution is 0.0742. The fraction of sp³-hybridized carbons (Fsp3) is 0.240. The number of amides is 1. The van der Waals surface area contributed by atoms with Gasteiger partial charge in [0.25, 0.3) is 5.91 Å². The first-order valence-electron chi connectivity index (χ1n) is 10.2. The number of methoxy groups -OCH3 is 1. The fourth-order valence-electron chi connectivity index (χ4n) is 3.64. The molecule has 1 aliphatic rings. The van der Waals surface area contributed by atoms with Gasteiger partial charge in [0.05, 0.1) is 12.7 Å². The number of benzene rings is 3. The van der Waals surface area contributed by atoms with Gasteiger partial charge in [0.2, 0.25) is 0 Å². The normalized spacial score (nSPS) is 13.8. The van der Waals surface area contributed by atoms with Crippen LogP contribution in [0.2, 0.25) is 0 Å². The van der Waals surface area contributed by atoms with E-state index in [1.54, 1.807) is 7.11 Å². The number of carbonyl (C=O) groups is 1. The minimum Gasteiger partial charge on any atom is -0.497 e. The van der Waals surface area contributed by atoms with Crippen LogP contribution in [0.25, 0.3) is 0 Å². The van der Waals surface area contributed by atoms with E-state index in [1.165, 1.54) is 0 Å². The zero-order chi connectivity index (χ0) is 20.8. The van der Waals surface area contributed by atoms with Crippen molar-refractivity contribution in [1.29, 1.82) is 0 Å². The number of anilines is 1. The molecule has 0 atom stereocenters. The number of carbonyl (C=O) groups excluding carboxylic acids is 1. The number of hydrogen-bond acceptors (Lipinski definition) is 4. The van der Waals surface area contributed by atoms with Gasteiger partial charge < -0.3 is 19.3 Å². The van der Waals surface area contributed by atoms with E-state index in [0.717, 1.165) is 30.1 Å². The van der Waals surface area contributed by atoms with E-state index in [0.29, 0.717) is 31.0 Å². The summed E-state index contributed by atoms with van der Waals surface area (Å²) in [6.45, 7) is 3.39. The van der Waals surface area contributed by atoms with Crippen molar-refractivity contribution in [3.8, 4) is 11.5 Å². The van der Waals surface area contributed by atoms with E-state index in [-0.39, 0.29) is 5.91 Å². The van der Waals surface area contributed by atoms with Crippen LogP contribution in [0, 0.1) is 0 Å². The molecule has 1 saturated heterocycles. The molecule has 0 unspecified atom stereocenters. The van der Waals surface area contributed by atoms with Gasteiger partial charge in [-0.2, -0.15) is 0 Å². The topological polar surface area (TPSA) is 42.0 Å². The van der Waals surface area contributed by atoms with Crippen molar-refractivity contribution in [3.05, 3.63) is 90.0 Å². The Hall–Kier alpha value is -3.47. The average molecular weight is 402 g/mol. The van der Waals surface area contributed by atoms with Gasteiger partial charge in [0.15, 0.2) is 0 Å². The van der Waals surface area contributed by atoms with Gasteiger partial charge in [-0.15, -0.1) is 0 Å². The van der Waals surface area contributed by atoms with E-state index >= 15 is 0 Å². The summed E-state index contributed by atoms with van der Waals surface area (Å²) >= 11 is 0. The maximum absolute atomic E-state index is 13.2. The molecular formula is C25H26N2O3. The summed E-state index contributed by atoms with van der Waals surface area (Å²) in [5.41, 5.74) is 2.84. The smallest absolute Gasteiger partial charge is 0.257 e. The predicted molar refractivity (Wildman–Crippen MR) is 118 cm³/mol. The molecule has 4 rings (SSSR count). The van der Waals surface area contributed by atoms with Crippen molar-refractivity contribution in [2.24, 2.45) is 0 Å². The Balaban J connectivity index is 1.39. The van der Waals surface area contributed by atoms with Crippen LogP contribution in [0.4, 0.5) is 5.69 Å². The minimum absolute atomic E-state index is 0.0213. The van der Waals surface area contributed by atoms with E-state index in [1.807, 2.05) is 71.6 Å². The summed E-state index contributed by atoms with van der Waals surface area (Å²) in [4.78, 5) is 17.4. The molecule has 1 aliphatic heterocycles. The number of hydrogen-bond donors (Lipinski definition) is 0. The molecule has 154 valence electrons. The lowest BCUT2D eigenvalue weighted by Gasteiger charge is -2.36. The average Bonchev–Trinajstić information content (AvgIpc) is 2.83. The Kier molecular flexibility index (Phi) is 6.18. The standard InChI is InChI=1S/C25H26N2O3/c1-29-22-13-11-21(12-14-22)26-15-17-27(18-16-26)25(28)23-9-5-6-10-24(23)30-19-20-7-3-2-4-8-20/h2-14H,15-19H2,1H3. The number of nitrogens with zero attached hydrogens (tertiary/aromatic N) is 2. The molecule has 0 spiro atoms. The van der Waals surface area contributed by atoms with E-state index < -0.39 is 0 Å². The van der Waals surface area contributed by atoms with Gasteiger partial charge in [-0.3, -0.25) is 4.79 Å². The summed E-state index contributed by atoms with van der Waals surface area (Å²) in [6, 6.07) is 25.5. The van der Waals surface area contributed by atoms with E-state index in [9.17, 15) is 4.79 Å². The Labute approximate surface area is 177 Å². The fourth-order valence-corrected chi connectivity index (χ4v) is 3.64. The molecule has 5 nitrogen and oxygen atoms in total. The van der Waals surface area contributed by atoms with Gasteiger partial charge in [-0.25, -0.2) is 0 Å². The molecule has 1 heterocycles. The summed E-state index contributed by atoms with van der Waals surface area (Å²) < 4.78 is 11.2. The van der Waals surface area contributed by atoms with Crippen molar-refractivity contribution >= 4 is 11.6 Å². The van der Waals surface area contributed by atoms with E-state index in [4.69, 9.17) is 9.47 Å². The van der Waals surface area contributed by atoms with Crippen LogP contribution in [0.15, 0.2) is 78.9 Å². The quantitative estimate of drug-likeness (QED) is 0.619. The van der Waals surface area contributed by atoms with Crippen molar-refractivity contribution in [2.75, 3.05) is 38.2 Å². The molecular weight excluding hydrogens is 376 g/mol. The second-order valence-corrected chi connectivity index (χ2v) is 7.25. The van der Waals surface area contributed by atoms with Crippen molar-refractivity contribution in [1.82, 2.24) is 4.90 Å². The van der Waals surface area contributed by atoms with Crippen LogP contribution < -0.4 is 14.4 Å². The van der Waals surface area contributed by atoms with Gasteiger partial charge in [-0.1, -0.05) is 42.5 Å². The summed E-state index contributed by atoms with van der Waals surface area (Å²) in [5, 5.41) is 0. The second kappa shape index (κ2) is 9.35. The number of para-hydroxylation sites is 1. The summed E-state index contributed by atoms with van der Waals surface area (Å²) in [7, 11) is 1.67. The number of ether oxygens (including phenoxy) is 2. The van der Waals surface area contributed by atoms with Gasteiger partial charge in [0, 0.05) is 31.9 Å². The number of piperazine rings is 1. The molecule has 1 amide bonds. The highest BCUT2D eigenvalue weighted by Crippen LogP contribution is 2.24. The molecule has 3 aromatic rings. The van der Waals surface area contributed by atoms with Crippen molar-refractivity contribution in [3.63, 3.8) is 0 Å². The molecule has 0 aromatic heterocycles. The highest BCUT2D eigenvalue weighted by atomic mass is 16.5. The Morgan fingerprint density at radius 2 is 1.50 bits per heavy atom. The monoisotopic (exact) mass is 402 g/mol. The zero-order valence-corrected chi connectivity index (χ0v) is 17.2. The second-order valence-electron chi connectivity index (χ2n) is 7.25. The van der Waals surface area contributed by atoms with Crippen LogP contribution in [-0.4, -0.2) is 44.1 Å².